The van der Waals surface area contributed by atoms with Gasteiger partial charge in [0, 0.05) is 22.7 Å². The minimum Gasteiger partial charge on any atom is -0.495 e. The van der Waals surface area contributed by atoms with E-state index >= 15 is 0 Å². The largest absolute Gasteiger partial charge is 0.495 e. The summed E-state index contributed by atoms with van der Waals surface area (Å²) in [5.41, 5.74) is 0.594. The Bertz CT molecular complexity index is 839. The highest BCUT2D eigenvalue weighted by Gasteiger charge is 2.09. The van der Waals surface area contributed by atoms with E-state index in [0.29, 0.717) is 21.8 Å². The molecular weight excluding hydrogens is 274 g/mol. The van der Waals surface area contributed by atoms with Gasteiger partial charge in [-0.3, -0.25) is 9.36 Å². The molecule has 0 unspecified atom stereocenters. The van der Waals surface area contributed by atoms with E-state index in [1.165, 1.54) is 0 Å². The maximum Gasteiger partial charge on any atom is 0.263 e. The van der Waals surface area contributed by atoms with Crippen molar-refractivity contribution in [3.05, 3.63) is 70.1 Å². The van der Waals surface area contributed by atoms with Crippen molar-refractivity contribution in [2.24, 2.45) is 0 Å². The van der Waals surface area contributed by atoms with Gasteiger partial charge in [0.1, 0.15) is 5.75 Å². The van der Waals surface area contributed by atoms with Crippen LogP contribution in [0.2, 0.25) is 5.02 Å². The zero-order chi connectivity index (χ0) is 14.1. The van der Waals surface area contributed by atoms with E-state index in [9.17, 15) is 4.79 Å². The first-order valence-electron chi connectivity index (χ1n) is 6.15. The molecule has 0 saturated carbocycles. The molecule has 0 atom stereocenters. The number of nitrogens with zero attached hydrogens (tertiary/aromatic N) is 1. The van der Waals surface area contributed by atoms with Crippen molar-refractivity contribution in [2.75, 3.05) is 7.11 Å². The van der Waals surface area contributed by atoms with Crippen molar-refractivity contribution in [3.8, 4) is 11.4 Å². The molecule has 0 radical (unpaired) electrons. The summed E-state index contributed by atoms with van der Waals surface area (Å²) in [5.74, 6) is 0.565. The SMILES string of the molecule is COc1cc(Cl)ccc1-n1ccc2ccccc2c1=O. The van der Waals surface area contributed by atoms with Gasteiger partial charge in [-0.1, -0.05) is 29.8 Å². The molecule has 1 heterocycles. The Kier molecular flexibility index (Phi) is 3.20. The molecule has 4 heteroatoms. The van der Waals surface area contributed by atoms with E-state index < -0.39 is 0 Å². The molecule has 0 amide bonds. The van der Waals surface area contributed by atoms with Gasteiger partial charge in [0.25, 0.3) is 5.56 Å². The average molecular weight is 286 g/mol. The predicted molar refractivity (Wildman–Crippen MR) is 81.1 cm³/mol. The summed E-state index contributed by atoms with van der Waals surface area (Å²) in [6, 6.07) is 14.6. The van der Waals surface area contributed by atoms with Gasteiger partial charge < -0.3 is 4.74 Å². The molecule has 0 aliphatic carbocycles. The van der Waals surface area contributed by atoms with Crippen LogP contribution in [0.25, 0.3) is 16.5 Å². The summed E-state index contributed by atoms with van der Waals surface area (Å²) in [6.07, 6.45) is 1.75. The monoisotopic (exact) mass is 285 g/mol. The number of benzene rings is 2. The molecule has 0 aliphatic heterocycles. The van der Waals surface area contributed by atoms with E-state index in [-0.39, 0.29) is 5.56 Å². The second kappa shape index (κ2) is 5.02. The minimum atomic E-state index is -0.0799. The molecule has 0 bridgehead atoms. The molecule has 1 aromatic heterocycles. The van der Waals surface area contributed by atoms with E-state index in [1.807, 2.05) is 30.3 Å². The smallest absolute Gasteiger partial charge is 0.263 e. The van der Waals surface area contributed by atoms with Crippen LogP contribution >= 0.6 is 11.6 Å². The molecular formula is C16H12ClNO2. The number of hydrogen-bond donors (Lipinski definition) is 0. The lowest BCUT2D eigenvalue weighted by Crippen LogP contribution is -2.18. The molecule has 0 N–H and O–H groups in total. The number of ether oxygens (including phenoxy) is 1. The van der Waals surface area contributed by atoms with Crippen LogP contribution in [0.4, 0.5) is 0 Å². The molecule has 20 heavy (non-hydrogen) atoms. The van der Waals surface area contributed by atoms with Gasteiger partial charge in [0.2, 0.25) is 0 Å². The van der Waals surface area contributed by atoms with E-state index in [2.05, 4.69) is 0 Å². The first kappa shape index (κ1) is 12.8. The lowest BCUT2D eigenvalue weighted by atomic mass is 10.1. The Morgan fingerprint density at radius 3 is 2.70 bits per heavy atom. The van der Waals surface area contributed by atoms with Crippen LogP contribution in [0.1, 0.15) is 0 Å². The predicted octanol–water partition coefficient (Wildman–Crippen LogP) is 3.65. The number of rotatable bonds is 2. The molecule has 3 nitrogen and oxygen atoms in total. The standard InChI is InChI=1S/C16H12ClNO2/c1-20-15-10-12(17)6-7-14(15)18-9-8-11-4-2-3-5-13(11)16(18)19/h2-10H,1H3. The average Bonchev–Trinajstić information content (AvgIpc) is 2.48. The Morgan fingerprint density at radius 2 is 1.90 bits per heavy atom. The van der Waals surface area contributed by atoms with Crippen molar-refractivity contribution in [3.63, 3.8) is 0 Å². The number of aromatic nitrogens is 1. The van der Waals surface area contributed by atoms with Gasteiger partial charge in [-0.05, 0) is 29.7 Å². The van der Waals surface area contributed by atoms with Gasteiger partial charge in [0.15, 0.2) is 0 Å². The molecule has 3 rings (SSSR count). The van der Waals surface area contributed by atoms with Crippen LogP contribution in [0, 0.1) is 0 Å². The quantitative estimate of drug-likeness (QED) is 0.720. The topological polar surface area (TPSA) is 31.2 Å². The summed E-state index contributed by atoms with van der Waals surface area (Å²) < 4.78 is 6.87. The fourth-order valence-corrected chi connectivity index (χ4v) is 2.39. The van der Waals surface area contributed by atoms with E-state index in [4.69, 9.17) is 16.3 Å². The summed E-state index contributed by atoms with van der Waals surface area (Å²) in [6.45, 7) is 0. The van der Waals surface area contributed by atoms with Crippen molar-refractivity contribution in [2.45, 2.75) is 0 Å². The molecule has 3 aromatic rings. The molecule has 0 spiro atoms. The number of halogens is 1. The van der Waals surface area contributed by atoms with Crippen molar-refractivity contribution >= 4 is 22.4 Å². The zero-order valence-corrected chi connectivity index (χ0v) is 11.6. The zero-order valence-electron chi connectivity index (χ0n) is 10.8. The maximum atomic E-state index is 12.6. The fraction of sp³-hybridized carbons (Fsp3) is 0.0625. The first-order valence-corrected chi connectivity index (χ1v) is 6.53. The van der Waals surface area contributed by atoms with Crippen LogP contribution in [-0.4, -0.2) is 11.7 Å². The molecule has 100 valence electrons. The van der Waals surface area contributed by atoms with Gasteiger partial charge >= 0.3 is 0 Å². The third-order valence-corrected chi connectivity index (χ3v) is 3.45. The van der Waals surface area contributed by atoms with Crippen molar-refractivity contribution < 1.29 is 4.74 Å². The van der Waals surface area contributed by atoms with E-state index in [0.717, 1.165) is 5.39 Å². The summed E-state index contributed by atoms with van der Waals surface area (Å²) in [7, 11) is 1.56. The number of hydrogen-bond acceptors (Lipinski definition) is 2. The fourth-order valence-electron chi connectivity index (χ4n) is 2.23. The number of methoxy groups -OCH3 is 1. The minimum absolute atomic E-state index is 0.0799. The number of pyridine rings is 1. The molecule has 0 saturated heterocycles. The van der Waals surface area contributed by atoms with Gasteiger partial charge in [0.05, 0.1) is 12.8 Å². The highest BCUT2D eigenvalue weighted by molar-refractivity contribution is 6.30. The molecule has 0 fully saturated rings. The number of fused-ring (bicyclic) bond motifs is 1. The third kappa shape index (κ3) is 2.06. The van der Waals surface area contributed by atoms with Crippen LogP contribution in [0.5, 0.6) is 5.75 Å². The normalized spacial score (nSPS) is 10.7. The lowest BCUT2D eigenvalue weighted by Gasteiger charge is -2.12. The summed E-state index contributed by atoms with van der Waals surface area (Å²) in [5, 5.41) is 2.16. The maximum absolute atomic E-state index is 12.6. The highest BCUT2D eigenvalue weighted by atomic mass is 35.5. The van der Waals surface area contributed by atoms with Crippen LogP contribution < -0.4 is 10.3 Å². The van der Waals surface area contributed by atoms with Crippen LogP contribution in [-0.2, 0) is 0 Å². The van der Waals surface area contributed by atoms with Gasteiger partial charge in [-0.25, -0.2) is 0 Å². The van der Waals surface area contributed by atoms with Gasteiger partial charge in [-0.15, -0.1) is 0 Å². The Balaban J connectivity index is 2.30. The van der Waals surface area contributed by atoms with Crippen LogP contribution in [0.3, 0.4) is 0 Å². The Hall–Kier alpha value is -2.26. The van der Waals surface area contributed by atoms with Crippen molar-refractivity contribution in [1.82, 2.24) is 4.57 Å². The van der Waals surface area contributed by atoms with Crippen molar-refractivity contribution in [1.29, 1.82) is 0 Å². The summed E-state index contributed by atoms with van der Waals surface area (Å²) in [4.78, 5) is 12.6. The molecule has 0 aliphatic rings. The Labute approximate surface area is 121 Å². The first-order chi connectivity index (χ1) is 9.70. The Morgan fingerprint density at radius 1 is 1.10 bits per heavy atom. The second-order valence-electron chi connectivity index (χ2n) is 4.39. The second-order valence-corrected chi connectivity index (χ2v) is 4.83. The third-order valence-electron chi connectivity index (χ3n) is 3.21. The van der Waals surface area contributed by atoms with E-state index in [1.54, 1.807) is 36.1 Å². The van der Waals surface area contributed by atoms with Crippen LogP contribution in [0.15, 0.2) is 59.5 Å². The summed E-state index contributed by atoms with van der Waals surface area (Å²) >= 11 is 5.95. The lowest BCUT2D eigenvalue weighted by molar-refractivity contribution is 0.412. The van der Waals surface area contributed by atoms with Gasteiger partial charge in [-0.2, -0.15) is 0 Å². The highest BCUT2D eigenvalue weighted by Crippen LogP contribution is 2.26. The molecule has 2 aromatic carbocycles.